The van der Waals surface area contributed by atoms with Gasteiger partial charge in [0, 0.05) is 21.3 Å². The highest BCUT2D eigenvalue weighted by molar-refractivity contribution is 7.15. The monoisotopic (exact) mass is 297 g/mol. The Labute approximate surface area is 128 Å². The Morgan fingerprint density at radius 1 is 1.24 bits per heavy atom. The van der Waals surface area contributed by atoms with E-state index in [0.29, 0.717) is 5.92 Å². The van der Waals surface area contributed by atoms with Gasteiger partial charge in [0.25, 0.3) is 0 Å². The zero-order valence-electron chi connectivity index (χ0n) is 12.6. The molecule has 0 saturated carbocycles. The molecule has 2 nitrogen and oxygen atoms in total. The third kappa shape index (κ3) is 2.42. The second kappa shape index (κ2) is 5.49. The van der Waals surface area contributed by atoms with Crippen LogP contribution in [0, 0.1) is 0 Å². The second-order valence-corrected chi connectivity index (χ2v) is 6.78. The van der Waals surface area contributed by atoms with E-state index in [1.165, 1.54) is 10.4 Å². The van der Waals surface area contributed by atoms with Crippen LogP contribution in [0.3, 0.4) is 0 Å². The number of rotatable bonds is 4. The van der Waals surface area contributed by atoms with Crippen LogP contribution in [0.4, 0.5) is 0 Å². The van der Waals surface area contributed by atoms with E-state index >= 15 is 0 Å². The van der Waals surface area contributed by atoms with Gasteiger partial charge in [0.05, 0.1) is 10.6 Å². The van der Waals surface area contributed by atoms with Crippen molar-refractivity contribution in [1.29, 1.82) is 0 Å². The summed E-state index contributed by atoms with van der Waals surface area (Å²) in [6.45, 7) is 6.49. The van der Waals surface area contributed by atoms with Gasteiger partial charge in [-0.3, -0.25) is 4.79 Å². The van der Waals surface area contributed by atoms with Gasteiger partial charge < -0.3 is 4.98 Å². The minimum atomic E-state index is 0.459. The first-order chi connectivity index (χ1) is 10.1. The van der Waals surface area contributed by atoms with Crippen LogP contribution in [0.2, 0.25) is 0 Å². The zero-order chi connectivity index (χ0) is 15.0. The first-order valence-corrected chi connectivity index (χ1v) is 8.15. The van der Waals surface area contributed by atoms with Gasteiger partial charge >= 0.3 is 0 Å². The predicted octanol–water partition coefficient (Wildman–Crippen LogP) is 5.39. The SMILES string of the molecule is CCc1ccc(-c2[nH]c3ccc(C(C)C)cc3c2C=O)s1. The van der Waals surface area contributed by atoms with E-state index in [-0.39, 0.29) is 0 Å². The second-order valence-electron chi connectivity index (χ2n) is 5.61. The third-order valence-electron chi connectivity index (χ3n) is 3.90. The summed E-state index contributed by atoms with van der Waals surface area (Å²) in [4.78, 5) is 17.5. The van der Waals surface area contributed by atoms with Crippen LogP contribution >= 0.6 is 11.3 Å². The molecular weight excluding hydrogens is 278 g/mol. The number of aldehydes is 1. The van der Waals surface area contributed by atoms with Crippen molar-refractivity contribution >= 4 is 28.5 Å². The maximum Gasteiger partial charge on any atom is 0.152 e. The molecule has 0 aliphatic heterocycles. The molecule has 21 heavy (non-hydrogen) atoms. The molecule has 0 aliphatic carbocycles. The van der Waals surface area contributed by atoms with Crippen LogP contribution in [-0.4, -0.2) is 11.3 Å². The molecule has 108 valence electrons. The number of fused-ring (bicyclic) bond motifs is 1. The summed E-state index contributed by atoms with van der Waals surface area (Å²) in [7, 11) is 0. The van der Waals surface area contributed by atoms with E-state index in [0.717, 1.165) is 39.7 Å². The summed E-state index contributed by atoms with van der Waals surface area (Å²) in [5.41, 5.74) is 4.02. The standard InChI is InChI=1S/C18H19NOS/c1-4-13-6-8-17(21-13)18-15(10-20)14-9-12(11(2)3)5-7-16(14)19-18/h5-11,19H,4H2,1-3H3. The first-order valence-electron chi connectivity index (χ1n) is 7.34. The predicted molar refractivity (Wildman–Crippen MR) is 90.5 cm³/mol. The van der Waals surface area contributed by atoms with E-state index < -0.39 is 0 Å². The topological polar surface area (TPSA) is 32.9 Å². The number of benzene rings is 1. The number of carbonyl (C=O) groups excluding carboxylic acids is 1. The Bertz CT molecular complexity index is 795. The fourth-order valence-corrected chi connectivity index (χ4v) is 3.57. The van der Waals surface area contributed by atoms with Crippen molar-refractivity contribution < 1.29 is 4.79 Å². The van der Waals surface area contributed by atoms with E-state index in [4.69, 9.17) is 0 Å². The molecule has 0 fully saturated rings. The highest BCUT2D eigenvalue weighted by Crippen LogP contribution is 2.34. The van der Waals surface area contributed by atoms with Crippen molar-refractivity contribution in [3.8, 4) is 10.6 Å². The Kier molecular flexibility index (Phi) is 3.68. The normalized spacial score (nSPS) is 11.4. The van der Waals surface area contributed by atoms with Crippen molar-refractivity contribution in [2.24, 2.45) is 0 Å². The lowest BCUT2D eigenvalue weighted by molar-refractivity contribution is 0.112. The fourth-order valence-electron chi connectivity index (χ4n) is 2.61. The third-order valence-corrected chi connectivity index (χ3v) is 5.15. The first kappa shape index (κ1) is 14.1. The van der Waals surface area contributed by atoms with Gasteiger partial charge in [0.1, 0.15) is 0 Å². The van der Waals surface area contributed by atoms with Crippen molar-refractivity contribution in [2.75, 3.05) is 0 Å². The number of carbonyl (C=O) groups is 1. The summed E-state index contributed by atoms with van der Waals surface area (Å²) in [6.07, 6.45) is 2.00. The smallest absolute Gasteiger partial charge is 0.152 e. The number of hydrogen-bond donors (Lipinski definition) is 1. The number of aryl methyl sites for hydroxylation is 1. The molecule has 0 saturated heterocycles. The maximum atomic E-state index is 11.6. The molecule has 0 aliphatic rings. The van der Waals surface area contributed by atoms with Gasteiger partial charge in [0.15, 0.2) is 6.29 Å². The Morgan fingerprint density at radius 3 is 2.67 bits per heavy atom. The summed E-state index contributed by atoms with van der Waals surface area (Å²) < 4.78 is 0. The zero-order valence-corrected chi connectivity index (χ0v) is 13.4. The summed E-state index contributed by atoms with van der Waals surface area (Å²) >= 11 is 1.75. The number of hydrogen-bond acceptors (Lipinski definition) is 2. The molecule has 3 rings (SSSR count). The highest BCUT2D eigenvalue weighted by Gasteiger charge is 2.15. The molecule has 1 aromatic carbocycles. The minimum absolute atomic E-state index is 0.459. The molecule has 1 N–H and O–H groups in total. The Balaban J connectivity index is 2.21. The number of nitrogens with one attached hydrogen (secondary N) is 1. The molecule has 0 spiro atoms. The van der Waals surface area contributed by atoms with Crippen molar-refractivity contribution in [1.82, 2.24) is 4.98 Å². The van der Waals surface area contributed by atoms with Gasteiger partial charge in [-0.25, -0.2) is 0 Å². The number of aromatic nitrogens is 1. The maximum absolute atomic E-state index is 11.6. The van der Waals surface area contributed by atoms with Gasteiger partial charge in [-0.2, -0.15) is 0 Å². The van der Waals surface area contributed by atoms with Gasteiger partial charge in [-0.05, 0) is 42.2 Å². The molecule has 0 unspecified atom stereocenters. The van der Waals surface area contributed by atoms with Crippen molar-refractivity contribution in [3.63, 3.8) is 0 Å². The van der Waals surface area contributed by atoms with Crippen molar-refractivity contribution in [3.05, 3.63) is 46.3 Å². The van der Waals surface area contributed by atoms with Crippen LogP contribution in [0.5, 0.6) is 0 Å². The average Bonchev–Trinajstić information content (AvgIpc) is 3.09. The molecule has 0 radical (unpaired) electrons. The van der Waals surface area contributed by atoms with Crippen LogP contribution < -0.4 is 0 Å². The molecule has 0 atom stereocenters. The summed E-state index contributed by atoms with van der Waals surface area (Å²) in [5, 5.41) is 1.03. The molecule has 2 heterocycles. The van der Waals surface area contributed by atoms with Crippen LogP contribution in [0.15, 0.2) is 30.3 Å². The molecular formula is C18H19NOS. The molecule has 3 aromatic rings. The molecule has 0 amide bonds. The van der Waals surface area contributed by atoms with Gasteiger partial charge in [-0.1, -0.05) is 26.8 Å². The minimum Gasteiger partial charge on any atom is -0.353 e. The largest absolute Gasteiger partial charge is 0.353 e. The number of aromatic amines is 1. The van der Waals surface area contributed by atoms with Gasteiger partial charge in [0.2, 0.25) is 0 Å². The van der Waals surface area contributed by atoms with E-state index in [9.17, 15) is 4.79 Å². The average molecular weight is 297 g/mol. The Hall–Kier alpha value is -1.87. The number of thiophene rings is 1. The van der Waals surface area contributed by atoms with Crippen LogP contribution in [-0.2, 0) is 6.42 Å². The van der Waals surface area contributed by atoms with E-state index in [1.54, 1.807) is 11.3 Å². The lowest BCUT2D eigenvalue weighted by Gasteiger charge is -2.04. The molecule has 0 bridgehead atoms. The van der Waals surface area contributed by atoms with E-state index in [2.05, 4.69) is 56.1 Å². The van der Waals surface area contributed by atoms with Gasteiger partial charge in [-0.15, -0.1) is 11.3 Å². The Morgan fingerprint density at radius 2 is 2.05 bits per heavy atom. The van der Waals surface area contributed by atoms with Crippen LogP contribution in [0.1, 0.15) is 47.5 Å². The molecule has 2 aromatic heterocycles. The lowest BCUT2D eigenvalue weighted by Crippen LogP contribution is -1.87. The summed E-state index contributed by atoms with van der Waals surface area (Å²) in [6, 6.07) is 10.6. The summed E-state index contributed by atoms with van der Waals surface area (Å²) in [5.74, 6) is 0.459. The molecule has 3 heteroatoms. The van der Waals surface area contributed by atoms with Crippen molar-refractivity contribution in [2.45, 2.75) is 33.1 Å². The fraction of sp³-hybridized carbons (Fsp3) is 0.278. The van der Waals surface area contributed by atoms with Crippen LogP contribution in [0.25, 0.3) is 21.5 Å². The highest BCUT2D eigenvalue weighted by atomic mass is 32.1. The lowest BCUT2D eigenvalue weighted by atomic mass is 10.0. The van der Waals surface area contributed by atoms with E-state index in [1.807, 2.05) is 0 Å². The quantitative estimate of drug-likeness (QED) is 0.643. The number of H-pyrrole nitrogens is 1.